The Balaban J connectivity index is 2.06. The number of amides is 1. The van der Waals surface area contributed by atoms with E-state index < -0.39 is 0 Å². The van der Waals surface area contributed by atoms with Crippen LogP contribution in [0.5, 0.6) is 0 Å². The third kappa shape index (κ3) is 3.40. The molecule has 0 unspecified atom stereocenters. The van der Waals surface area contributed by atoms with Gasteiger partial charge in [-0.25, -0.2) is 4.98 Å². The molecule has 0 aliphatic rings. The highest BCUT2D eigenvalue weighted by Crippen LogP contribution is 2.22. The molecule has 0 aromatic carbocycles. The molecule has 0 aliphatic heterocycles. The molecule has 2 aromatic heterocycles. The fourth-order valence-electron chi connectivity index (χ4n) is 1.20. The molecule has 0 aliphatic carbocycles. The summed E-state index contributed by atoms with van der Waals surface area (Å²) in [5.74, 6) is -0.110. The summed E-state index contributed by atoms with van der Waals surface area (Å²) >= 11 is 2.92. The monoisotopic (exact) mass is 265 g/mol. The first-order valence-corrected chi connectivity index (χ1v) is 6.59. The lowest BCUT2D eigenvalue weighted by Crippen LogP contribution is -2.04. The maximum Gasteiger partial charge on any atom is 0.223 e. The summed E-state index contributed by atoms with van der Waals surface area (Å²) in [6, 6.07) is 3.83. The number of nitrogens with zero attached hydrogens (tertiary/aromatic N) is 1. The van der Waals surface area contributed by atoms with Gasteiger partial charge in [-0.05, 0) is 24.3 Å². The molecule has 2 heterocycles. The van der Waals surface area contributed by atoms with Gasteiger partial charge >= 0.3 is 0 Å². The number of aromatic nitrogens is 1. The maximum absolute atomic E-state index is 10.8. The summed E-state index contributed by atoms with van der Waals surface area (Å²) in [5.41, 5.74) is 6.45. The van der Waals surface area contributed by atoms with Gasteiger partial charge < -0.3 is 11.1 Å². The molecule has 3 N–H and O–H groups in total. The van der Waals surface area contributed by atoms with Crippen LogP contribution in [0, 0.1) is 0 Å². The third-order valence-corrected chi connectivity index (χ3v) is 3.53. The fraction of sp³-hybridized carbons (Fsp3) is 0.0909. The highest BCUT2D eigenvalue weighted by molar-refractivity contribution is 7.16. The Bertz CT molecular complexity index is 557. The second-order valence-electron chi connectivity index (χ2n) is 3.33. The average Bonchev–Trinajstić information content (AvgIpc) is 2.84. The zero-order valence-corrected chi connectivity index (χ0v) is 10.8. The molecule has 1 amide bonds. The van der Waals surface area contributed by atoms with Crippen LogP contribution < -0.4 is 11.1 Å². The van der Waals surface area contributed by atoms with E-state index in [1.807, 2.05) is 29.7 Å². The SMILES string of the molecule is CC(=O)Nc1nc(C=Cc2ccc(N)s2)cs1. The van der Waals surface area contributed by atoms with Crippen molar-refractivity contribution in [3.63, 3.8) is 0 Å². The van der Waals surface area contributed by atoms with E-state index in [-0.39, 0.29) is 5.91 Å². The Kier molecular flexibility index (Phi) is 3.55. The van der Waals surface area contributed by atoms with Crippen LogP contribution in [-0.2, 0) is 4.79 Å². The zero-order chi connectivity index (χ0) is 12.3. The Morgan fingerprint density at radius 3 is 2.94 bits per heavy atom. The van der Waals surface area contributed by atoms with Gasteiger partial charge in [0.25, 0.3) is 0 Å². The van der Waals surface area contributed by atoms with Gasteiger partial charge in [-0.1, -0.05) is 0 Å². The molecule has 0 atom stereocenters. The zero-order valence-electron chi connectivity index (χ0n) is 9.14. The molecule has 0 saturated heterocycles. The minimum atomic E-state index is -0.110. The Morgan fingerprint density at radius 1 is 1.47 bits per heavy atom. The number of hydrogen-bond donors (Lipinski definition) is 2. The normalized spacial score (nSPS) is 10.9. The van der Waals surface area contributed by atoms with E-state index in [2.05, 4.69) is 10.3 Å². The minimum absolute atomic E-state index is 0.110. The smallest absolute Gasteiger partial charge is 0.223 e. The van der Waals surface area contributed by atoms with Gasteiger partial charge in [-0.15, -0.1) is 22.7 Å². The Hall–Kier alpha value is -1.66. The summed E-state index contributed by atoms with van der Waals surface area (Å²) < 4.78 is 0. The van der Waals surface area contributed by atoms with Crippen LogP contribution in [0.1, 0.15) is 17.5 Å². The largest absolute Gasteiger partial charge is 0.391 e. The van der Waals surface area contributed by atoms with Crippen LogP contribution in [0.25, 0.3) is 12.2 Å². The predicted molar refractivity (Wildman–Crippen MR) is 74.1 cm³/mol. The number of carbonyl (C=O) groups excluding carboxylic acids is 1. The topological polar surface area (TPSA) is 68.0 Å². The lowest BCUT2D eigenvalue weighted by atomic mass is 10.3. The van der Waals surface area contributed by atoms with Crippen molar-refractivity contribution in [2.75, 3.05) is 11.1 Å². The van der Waals surface area contributed by atoms with Crippen molar-refractivity contribution >= 4 is 50.9 Å². The Morgan fingerprint density at radius 2 is 2.29 bits per heavy atom. The van der Waals surface area contributed by atoms with E-state index in [1.54, 1.807) is 0 Å². The average molecular weight is 265 g/mol. The summed E-state index contributed by atoms with van der Waals surface area (Å²) in [4.78, 5) is 16.2. The molecule has 6 heteroatoms. The van der Waals surface area contributed by atoms with Crippen LogP contribution >= 0.6 is 22.7 Å². The molecule has 0 spiro atoms. The number of thiazole rings is 1. The van der Waals surface area contributed by atoms with Crippen LogP contribution in [0.3, 0.4) is 0 Å². The highest BCUT2D eigenvalue weighted by atomic mass is 32.1. The molecule has 0 bridgehead atoms. The highest BCUT2D eigenvalue weighted by Gasteiger charge is 2.00. The van der Waals surface area contributed by atoms with Crippen molar-refractivity contribution in [2.45, 2.75) is 6.92 Å². The first-order chi connectivity index (χ1) is 8.13. The van der Waals surface area contributed by atoms with Gasteiger partial charge in [0.1, 0.15) is 0 Å². The predicted octanol–water partition coefficient (Wildman–Crippen LogP) is 2.92. The molecule has 4 nitrogen and oxygen atoms in total. The molecule has 2 aromatic rings. The fourth-order valence-corrected chi connectivity index (χ4v) is 2.60. The van der Waals surface area contributed by atoms with Crippen LogP contribution in [0.2, 0.25) is 0 Å². The third-order valence-electron chi connectivity index (χ3n) is 1.87. The number of thiophene rings is 1. The molecular weight excluding hydrogens is 254 g/mol. The van der Waals surface area contributed by atoms with Gasteiger partial charge in [-0.3, -0.25) is 4.79 Å². The molecule has 0 saturated carbocycles. The number of carbonyl (C=O) groups is 1. The number of nitrogens with two attached hydrogens (primary N) is 1. The molecule has 0 radical (unpaired) electrons. The van der Waals surface area contributed by atoms with Crippen molar-refractivity contribution < 1.29 is 4.79 Å². The number of anilines is 2. The molecule has 17 heavy (non-hydrogen) atoms. The van der Waals surface area contributed by atoms with Crippen molar-refractivity contribution in [3.8, 4) is 0 Å². The lowest BCUT2D eigenvalue weighted by Gasteiger charge is -1.92. The van der Waals surface area contributed by atoms with Crippen LogP contribution in [0.15, 0.2) is 17.5 Å². The maximum atomic E-state index is 10.8. The molecule has 0 fully saturated rings. The number of hydrogen-bond acceptors (Lipinski definition) is 5. The number of rotatable bonds is 3. The number of nitrogen functional groups attached to an aromatic ring is 1. The van der Waals surface area contributed by atoms with Gasteiger partial charge in [0.2, 0.25) is 5.91 Å². The van der Waals surface area contributed by atoms with Crippen LogP contribution in [0.4, 0.5) is 10.1 Å². The quantitative estimate of drug-likeness (QED) is 0.896. The van der Waals surface area contributed by atoms with E-state index in [4.69, 9.17) is 5.73 Å². The van der Waals surface area contributed by atoms with Gasteiger partial charge in [0.15, 0.2) is 5.13 Å². The summed E-state index contributed by atoms with van der Waals surface area (Å²) in [6.45, 7) is 1.46. The van der Waals surface area contributed by atoms with E-state index >= 15 is 0 Å². The lowest BCUT2D eigenvalue weighted by molar-refractivity contribution is -0.114. The minimum Gasteiger partial charge on any atom is -0.391 e. The van der Waals surface area contributed by atoms with E-state index in [0.717, 1.165) is 15.6 Å². The standard InChI is InChI=1S/C11H11N3OS2/c1-7(15)13-11-14-8(6-16-11)2-3-9-4-5-10(12)17-9/h2-6H,12H2,1H3,(H,13,14,15). The summed E-state index contributed by atoms with van der Waals surface area (Å²) in [6.07, 6.45) is 3.85. The first kappa shape index (κ1) is 11.8. The second kappa shape index (κ2) is 5.11. The summed E-state index contributed by atoms with van der Waals surface area (Å²) in [7, 11) is 0. The first-order valence-electron chi connectivity index (χ1n) is 4.90. The van der Waals surface area contributed by atoms with Crippen LogP contribution in [-0.4, -0.2) is 10.9 Å². The van der Waals surface area contributed by atoms with E-state index in [9.17, 15) is 4.79 Å². The van der Waals surface area contributed by atoms with Gasteiger partial charge in [0, 0.05) is 17.2 Å². The second-order valence-corrected chi connectivity index (χ2v) is 5.34. The Labute approximate surface area is 107 Å². The van der Waals surface area contributed by atoms with E-state index in [0.29, 0.717) is 5.13 Å². The number of nitrogens with one attached hydrogen (secondary N) is 1. The van der Waals surface area contributed by atoms with Crippen molar-refractivity contribution in [3.05, 3.63) is 28.1 Å². The molecular formula is C11H11N3OS2. The van der Waals surface area contributed by atoms with Crippen molar-refractivity contribution in [1.82, 2.24) is 4.98 Å². The van der Waals surface area contributed by atoms with Gasteiger partial charge in [-0.2, -0.15) is 0 Å². The van der Waals surface area contributed by atoms with Crippen molar-refractivity contribution in [1.29, 1.82) is 0 Å². The van der Waals surface area contributed by atoms with Gasteiger partial charge in [0.05, 0.1) is 10.7 Å². The van der Waals surface area contributed by atoms with Crippen molar-refractivity contribution in [2.24, 2.45) is 0 Å². The molecule has 88 valence electrons. The van der Waals surface area contributed by atoms with E-state index in [1.165, 1.54) is 29.6 Å². The summed E-state index contributed by atoms with van der Waals surface area (Å²) in [5, 5.41) is 5.94. The molecule has 2 rings (SSSR count).